The number of nitrogens with zero attached hydrogens (tertiary/aromatic N) is 2. The standard InChI is InChI=1S/C19H27N3O2/c1-5-14(2)22(4)12-11-20-18(23)13-17-15(3)24-19(21-17)16-9-7-6-8-10-16/h6-10,14H,5,11-13H2,1-4H3,(H,20,23). The Morgan fingerprint density at radius 2 is 2.04 bits per heavy atom. The van der Waals surface area contributed by atoms with Gasteiger partial charge in [0, 0.05) is 24.7 Å². The van der Waals surface area contributed by atoms with Crippen LogP contribution in [-0.2, 0) is 11.2 Å². The molecule has 2 aromatic rings. The molecule has 5 nitrogen and oxygen atoms in total. The Morgan fingerprint density at radius 1 is 1.33 bits per heavy atom. The van der Waals surface area contributed by atoms with Crippen molar-refractivity contribution in [1.29, 1.82) is 0 Å². The molecule has 5 heteroatoms. The van der Waals surface area contributed by atoms with Crippen LogP contribution >= 0.6 is 0 Å². The first-order valence-electron chi connectivity index (χ1n) is 8.50. The number of carbonyl (C=O) groups excluding carboxylic acids is 1. The predicted octanol–water partition coefficient (Wildman–Crippen LogP) is 3.04. The van der Waals surface area contributed by atoms with E-state index in [0.29, 0.717) is 29.9 Å². The van der Waals surface area contributed by atoms with Crippen molar-refractivity contribution in [2.45, 2.75) is 39.7 Å². The third-order valence-corrected chi connectivity index (χ3v) is 4.37. The number of benzene rings is 1. The first kappa shape index (κ1) is 18.2. The quantitative estimate of drug-likeness (QED) is 0.809. The molecule has 1 amide bonds. The van der Waals surface area contributed by atoms with Gasteiger partial charge in [0.2, 0.25) is 11.8 Å². The van der Waals surface area contributed by atoms with Crippen molar-refractivity contribution < 1.29 is 9.21 Å². The molecule has 0 saturated carbocycles. The summed E-state index contributed by atoms with van der Waals surface area (Å²) >= 11 is 0. The predicted molar refractivity (Wildman–Crippen MR) is 95.8 cm³/mol. The molecule has 1 heterocycles. The monoisotopic (exact) mass is 329 g/mol. The van der Waals surface area contributed by atoms with Crippen LogP contribution in [0.1, 0.15) is 31.7 Å². The first-order chi connectivity index (χ1) is 11.5. The molecule has 24 heavy (non-hydrogen) atoms. The van der Waals surface area contributed by atoms with Gasteiger partial charge < -0.3 is 14.6 Å². The molecular weight excluding hydrogens is 302 g/mol. The van der Waals surface area contributed by atoms with E-state index in [1.54, 1.807) is 0 Å². The summed E-state index contributed by atoms with van der Waals surface area (Å²) in [5.41, 5.74) is 1.61. The fraction of sp³-hybridized carbons (Fsp3) is 0.474. The van der Waals surface area contributed by atoms with Crippen LogP contribution in [-0.4, -0.2) is 42.0 Å². The minimum absolute atomic E-state index is 0.0245. The van der Waals surface area contributed by atoms with Gasteiger partial charge in [0.25, 0.3) is 0 Å². The van der Waals surface area contributed by atoms with E-state index in [1.165, 1.54) is 0 Å². The van der Waals surface area contributed by atoms with Crippen LogP contribution in [0.2, 0.25) is 0 Å². The van der Waals surface area contributed by atoms with Gasteiger partial charge in [0.05, 0.1) is 12.1 Å². The summed E-state index contributed by atoms with van der Waals surface area (Å²) in [6, 6.07) is 10.2. The van der Waals surface area contributed by atoms with Crippen molar-refractivity contribution in [2.75, 3.05) is 20.1 Å². The van der Waals surface area contributed by atoms with Gasteiger partial charge in [-0.15, -0.1) is 0 Å². The zero-order valence-electron chi connectivity index (χ0n) is 15.0. The van der Waals surface area contributed by atoms with Crippen molar-refractivity contribution in [3.63, 3.8) is 0 Å². The van der Waals surface area contributed by atoms with Crippen molar-refractivity contribution in [1.82, 2.24) is 15.2 Å². The van der Waals surface area contributed by atoms with E-state index in [4.69, 9.17) is 4.42 Å². The average Bonchev–Trinajstić information content (AvgIpc) is 2.95. The fourth-order valence-electron chi connectivity index (χ4n) is 2.41. The zero-order valence-corrected chi connectivity index (χ0v) is 15.0. The molecule has 1 atom stereocenters. The topological polar surface area (TPSA) is 58.4 Å². The number of carbonyl (C=O) groups is 1. The second-order valence-corrected chi connectivity index (χ2v) is 6.15. The molecule has 0 saturated heterocycles. The average molecular weight is 329 g/mol. The number of rotatable bonds is 8. The molecule has 0 bridgehead atoms. The maximum absolute atomic E-state index is 12.1. The molecule has 0 aliphatic heterocycles. The number of hydrogen-bond acceptors (Lipinski definition) is 4. The van der Waals surface area contributed by atoms with E-state index in [9.17, 15) is 4.79 Å². The van der Waals surface area contributed by atoms with Gasteiger partial charge >= 0.3 is 0 Å². The summed E-state index contributed by atoms with van der Waals surface area (Å²) in [6.45, 7) is 7.68. The fourth-order valence-corrected chi connectivity index (χ4v) is 2.41. The number of likely N-dealkylation sites (N-methyl/N-ethyl adjacent to an activating group) is 1. The highest BCUT2D eigenvalue weighted by Gasteiger charge is 2.14. The van der Waals surface area contributed by atoms with Crippen molar-refractivity contribution in [3.05, 3.63) is 41.8 Å². The maximum Gasteiger partial charge on any atom is 0.226 e. The van der Waals surface area contributed by atoms with Crippen LogP contribution in [0.15, 0.2) is 34.7 Å². The number of nitrogens with one attached hydrogen (secondary N) is 1. The lowest BCUT2D eigenvalue weighted by Crippen LogP contribution is -2.37. The van der Waals surface area contributed by atoms with Crippen LogP contribution < -0.4 is 5.32 Å². The van der Waals surface area contributed by atoms with E-state index in [-0.39, 0.29) is 12.3 Å². The van der Waals surface area contributed by atoms with Crippen LogP contribution in [0, 0.1) is 6.92 Å². The molecule has 0 fully saturated rings. The Balaban J connectivity index is 1.87. The molecule has 1 aromatic heterocycles. The maximum atomic E-state index is 12.1. The third kappa shape index (κ3) is 4.93. The highest BCUT2D eigenvalue weighted by atomic mass is 16.4. The molecule has 2 rings (SSSR count). The van der Waals surface area contributed by atoms with Crippen molar-refractivity contribution >= 4 is 5.91 Å². The Bertz CT molecular complexity index is 652. The lowest BCUT2D eigenvalue weighted by Gasteiger charge is -2.23. The van der Waals surface area contributed by atoms with Gasteiger partial charge in [-0.05, 0) is 39.4 Å². The lowest BCUT2D eigenvalue weighted by molar-refractivity contribution is -0.120. The molecular formula is C19H27N3O2. The SMILES string of the molecule is CCC(C)N(C)CCNC(=O)Cc1nc(-c2ccccc2)oc1C. The Kier molecular flexibility index (Phi) is 6.55. The van der Waals surface area contributed by atoms with Gasteiger partial charge in [-0.2, -0.15) is 0 Å². The minimum atomic E-state index is -0.0245. The summed E-state index contributed by atoms with van der Waals surface area (Å²) in [5, 5.41) is 2.95. The van der Waals surface area contributed by atoms with E-state index in [1.807, 2.05) is 37.3 Å². The Labute approximate surface area is 144 Å². The highest BCUT2D eigenvalue weighted by Crippen LogP contribution is 2.21. The van der Waals surface area contributed by atoms with E-state index in [2.05, 4.69) is 36.1 Å². The molecule has 130 valence electrons. The second-order valence-electron chi connectivity index (χ2n) is 6.15. The minimum Gasteiger partial charge on any atom is -0.441 e. The normalized spacial score (nSPS) is 12.4. The molecule has 1 aromatic carbocycles. The summed E-state index contributed by atoms with van der Waals surface area (Å²) in [4.78, 5) is 18.8. The summed E-state index contributed by atoms with van der Waals surface area (Å²) < 4.78 is 5.69. The van der Waals surface area contributed by atoms with Gasteiger partial charge in [-0.3, -0.25) is 4.79 Å². The number of aryl methyl sites for hydroxylation is 1. The van der Waals surface area contributed by atoms with E-state index >= 15 is 0 Å². The molecule has 1 N–H and O–H groups in total. The number of oxazole rings is 1. The van der Waals surface area contributed by atoms with Crippen LogP contribution in [0.5, 0.6) is 0 Å². The second kappa shape index (κ2) is 8.64. The van der Waals surface area contributed by atoms with Gasteiger partial charge in [-0.1, -0.05) is 25.1 Å². The summed E-state index contributed by atoms with van der Waals surface area (Å²) in [5.74, 6) is 1.23. The summed E-state index contributed by atoms with van der Waals surface area (Å²) in [6.07, 6.45) is 1.35. The van der Waals surface area contributed by atoms with Crippen molar-refractivity contribution in [3.8, 4) is 11.5 Å². The first-order valence-corrected chi connectivity index (χ1v) is 8.50. The number of aromatic nitrogens is 1. The molecule has 0 aliphatic rings. The Hall–Kier alpha value is -2.14. The smallest absolute Gasteiger partial charge is 0.226 e. The molecule has 0 aliphatic carbocycles. The lowest BCUT2D eigenvalue weighted by atomic mass is 10.2. The Morgan fingerprint density at radius 3 is 2.71 bits per heavy atom. The third-order valence-electron chi connectivity index (χ3n) is 4.37. The van der Waals surface area contributed by atoms with Crippen LogP contribution in [0.25, 0.3) is 11.5 Å². The largest absolute Gasteiger partial charge is 0.441 e. The molecule has 0 spiro atoms. The number of amides is 1. The van der Waals surface area contributed by atoms with E-state index < -0.39 is 0 Å². The van der Waals surface area contributed by atoms with Crippen LogP contribution in [0.3, 0.4) is 0 Å². The summed E-state index contributed by atoms with van der Waals surface area (Å²) in [7, 11) is 2.08. The van der Waals surface area contributed by atoms with E-state index in [0.717, 1.165) is 18.5 Å². The molecule has 1 unspecified atom stereocenters. The van der Waals surface area contributed by atoms with Gasteiger partial charge in [0.1, 0.15) is 5.76 Å². The van der Waals surface area contributed by atoms with Gasteiger partial charge in [-0.25, -0.2) is 4.98 Å². The van der Waals surface area contributed by atoms with Gasteiger partial charge in [0.15, 0.2) is 0 Å². The van der Waals surface area contributed by atoms with Crippen LogP contribution in [0.4, 0.5) is 0 Å². The highest BCUT2D eigenvalue weighted by molar-refractivity contribution is 5.78. The molecule has 0 radical (unpaired) electrons. The zero-order chi connectivity index (χ0) is 17.5. The van der Waals surface area contributed by atoms with Crippen molar-refractivity contribution in [2.24, 2.45) is 0 Å². The number of hydrogen-bond donors (Lipinski definition) is 1.